The van der Waals surface area contributed by atoms with Crippen LogP contribution in [0.1, 0.15) is 0 Å². The molecule has 0 amide bonds. The van der Waals surface area contributed by atoms with Crippen molar-refractivity contribution in [2.75, 3.05) is 14.2 Å². The molecule has 0 unspecified atom stereocenters. The molecule has 0 spiro atoms. The van der Waals surface area contributed by atoms with Crippen LogP contribution in [0.2, 0.25) is 0 Å². The van der Waals surface area contributed by atoms with Crippen LogP contribution in [0, 0.1) is 5.21 Å². The number of hydrogen-bond donors (Lipinski definition) is 0. The maximum atomic E-state index is 10.9. The summed E-state index contributed by atoms with van der Waals surface area (Å²) in [6.07, 6.45) is 6.63. The molecule has 2 aromatic carbocycles. The Bertz CT molecular complexity index is 1010. The molecule has 0 aliphatic heterocycles. The van der Waals surface area contributed by atoms with Crippen LogP contribution >= 0.6 is 12.4 Å². The van der Waals surface area contributed by atoms with E-state index in [0.29, 0.717) is 0 Å². The minimum absolute atomic E-state index is 0. The number of rotatable bonds is 2. The fourth-order valence-corrected chi connectivity index (χ4v) is 2.46. The maximum absolute atomic E-state index is 10.9. The van der Waals surface area contributed by atoms with Gasteiger partial charge in [-0.05, 0) is 53.2 Å². The second kappa shape index (κ2) is 8.87. The van der Waals surface area contributed by atoms with E-state index in [1.54, 1.807) is 26.5 Å². The van der Waals surface area contributed by atoms with E-state index in [1.165, 1.54) is 12.4 Å². The lowest BCUT2D eigenvalue weighted by molar-refractivity contribution is -0.603. The molecule has 6 heteroatoms. The first-order valence-electron chi connectivity index (χ1n) is 7.74. The van der Waals surface area contributed by atoms with Gasteiger partial charge in [0.1, 0.15) is 11.5 Å². The Morgan fingerprint density at radius 2 is 1.42 bits per heavy atom. The zero-order valence-electron chi connectivity index (χ0n) is 14.5. The normalized spacial score (nSPS) is 9.77. The monoisotopic (exact) mass is 370 g/mol. The third-order valence-corrected chi connectivity index (χ3v) is 3.81. The van der Waals surface area contributed by atoms with Gasteiger partial charge in [-0.1, -0.05) is 0 Å². The summed E-state index contributed by atoms with van der Waals surface area (Å²) >= 11 is 0. The van der Waals surface area contributed by atoms with E-state index >= 15 is 0 Å². The smallest absolute Gasteiger partial charge is 0.188 e. The third kappa shape index (κ3) is 4.52. The van der Waals surface area contributed by atoms with Crippen molar-refractivity contribution in [2.45, 2.75) is 0 Å². The molecule has 0 N–H and O–H groups in total. The predicted molar refractivity (Wildman–Crippen MR) is 105 cm³/mol. The van der Waals surface area contributed by atoms with Crippen molar-refractivity contribution in [3.8, 4) is 11.5 Å². The second-order valence-corrected chi connectivity index (χ2v) is 5.39. The Labute approximate surface area is 157 Å². The van der Waals surface area contributed by atoms with Crippen LogP contribution < -0.4 is 14.2 Å². The summed E-state index contributed by atoms with van der Waals surface area (Å²) in [5.74, 6) is 1.69. The summed E-state index contributed by atoms with van der Waals surface area (Å²) in [4.78, 5) is 4.03. The zero-order valence-corrected chi connectivity index (χ0v) is 15.3. The van der Waals surface area contributed by atoms with Crippen LogP contribution in [-0.4, -0.2) is 19.2 Å². The Hall–Kier alpha value is -3.05. The van der Waals surface area contributed by atoms with E-state index < -0.39 is 0 Å². The number of benzene rings is 2. The molecule has 2 heterocycles. The summed E-state index contributed by atoms with van der Waals surface area (Å²) in [6, 6.07) is 15.3. The van der Waals surface area contributed by atoms with Gasteiger partial charge in [0.15, 0.2) is 12.4 Å². The quantitative estimate of drug-likeness (QED) is 0.393. The Morgan fingerprint density at radius 3 is 2.08 bits per heavy atom. The highest BCUT2D eigenvalue weighted by Gasteiger charge is 1.99. The number of nitrogens with zero attached hydrogens (tertiary/aromatic N) is 2. The molecule has 0 saturated heterocycles. The van der Waals surface area contributed by atoms with Gasteiger partial charge in [-0.15, -0.1) is 12.4 Å². The van der Waals surface area contributed by atoms with E-state index in [4.69, 9.17) is 9.47 Å². The molecule has 0 aliphatic carbocycles. The largest absolute Gasteiger partial charge is 0.619 e. The molecule has 4 rings (SSSR count). The standard InChI is InChI=1S/C10H9NO2.C10H9NO.ClH/c1-13-10-3-2-9-7-11(12)5-4-8(9)6-10;1-12-10-3-2-9-7-11-5-4-8(9)6-10;/h2-7H,1H3;2-7H,1H3;1H. The van der Waals surface area contributed by atoms with E-state index in [0.717, 1.165) is 37.8 Å². The van der Waals surface area contributed by atoms with Crippen LogP contribution in [0.15, 0.2) is 73.3 Å². The Balaban J connectivity index is 0.000000180. The van der Waals surface area contributed by atoms with Crippen LogP contribution in [0.25, 0.3) is 21.5 Å². The fourth-order valence-electron chi connectivity index (χ4n) is 2.46. The number of halogens is 1. The van der Waals surface area contributed by atoms with Crippen molar-refractivity contribution in [1.29, 1.82) is 0 Å². The van der Waals surface area contributed by atoms with Crippen LogP contribution in [0.3, 0.4) is 0 Å². The van der Waals surface area contributed by atoms with Crippen molar-refractivity contribution in [3.05, 3.63) is 78.5 Å². The molecule has 0 fully saturated rings. The van der Waals surface area contributed by atoms with Crippen LogP contribution in [0.5, 0.6) is 11.5 Å². The SMILES string of the molecule is COc1ccc2c[n+]([O-])ccc2c1.COc1ccc2cnccc2c1.Cl. The molecule has 0 bridgehead atoms. The number of ether oxygens (including phenoxy) is 2. The van der Waals surface area contributed by atoms with Crippen LogP contribution in [0.4, 0.5) is 0 Å². The van der Waals surface area contributed by atoms with Crippen molar-refractivity contribution in [2.24, 2.45) is 0 Å². The van der Waals surface area contributed by atoms with Gasteiger partial charge in [-0.3, -0.25) is 4.98 Å². The van der Waals surface area contributed by atoms with E-state index in [9.17, 15) is 5.21 Å². The third-order valence-electron chi connectivity index (χ3n) is 3.81. The number of methoxy groups -OCH3 is 2. The predicted octanol–water partition coefficient (Wildman–Crippen LogP) is 4.15. The van der Waals surface area contributed by atoms with Gasteiger partial charge in [0.2, 0.25) is 0 Å². The van der Waals surface area contributed by atoms with Gasteiger partial charge in [0.05, 0.1) is 14.2 Å². The first-order chi connectivity index (χ1) is 12.2. The van der Waals surface area contributed by atoms with Gasteiger partial charge in [0, 0.05) is 29.2 Å². The molecule has 5 nitrogen and oxygen atoms in total. The molecule has 26 heavy (non-hydrogen) atoms. The van der Waals surface area contributed by atoms with E-state index in [1.807, 2.05) is 48.7 Å². The van der Waals surface area contributed by atoms with Gasteiger partial charge in [0.25, 0.3) is 0 Å². The minimum Gasteiger partial charge on any atom is -0.619 e. The molecule has 134 valence electrons. The Kier molecular flexibility index (Phi) is 6.58. The molecule has 0 aliphatic rings. The number of pyridine rings is 2. The highest BCUT2D eigenvalue weighted by atomic mass is 35.5. The molecule has 0 radical (unpaired) electrons. The summed E-state index contributed by atoms with van der Waals surface area (Å²) in [6.45, 7) is 0. The first-order valence-corrected chi connectivity index (χ1v) is 7.74. The lowest BCUT2D eigenvalue weighted by Crippen LogP contribution is -2.23. The fraction of sp³-hybridized carbons (Fsp3) is 0.100. The number of hydrogen-bond acceptors (Lipinski definition) is 4. The molecular formula is C20H19ClN2O3. The van der Waals surface area contributed by atoms with Crippen molar-refractivity contribution >= 4 is 34.0 Å². The second-order valence-electron chi connectivity index (χ2n) is 5.39. The highest BCUT2D eigenvalue weighted by molar-refractivity contribution is 5.85. The van der Waals surface area contributed by atoms with Gasteiger partial charge in [-0.2, -0.15) is 4.73 Å². The Morgan fingerprint density at radius 1 is 0.808 bits per heavy atom. The molecular weight excluding hydrogens is 352 g/mol. The summed E-state index contributed by atoms with van der Waals surface area (Å²) in [5.41, 5.74) is 0. The van der Waals surface area contributed by atoms with Gasteiger partial charge >= 0.3 is 0 Å². The summed E-state index contributed by atoms with van der Waals surface area (Å²) in [7, 11) is 3.29. The minimum atomic E-state index is 0. The van der Waals surface area contributed by atoms with Crippen molar-refractivity contribution in [3.63, 3.8) is 0 Å². The zero-order chi connectivity index (χ0) is 17.6. The molecule has 0 saturated carbocycles. The summed E-state index contributed by atoms with van der Waals surface area (Å²) < 4.78 is 11.0. The highest BCUT2D eigenvalue weighted by Crippen LogP contribution is 2.19. The lowest BCUT2D eigenvalue weighted by atomic mass is 10.2. The molecule has 4 aromatic rings. The summed E-state index contributed by atoms with van der Waals surface area (Å²) in [5, 5.41) is 15.1. The average molecular weight is 371 g/mol. The van der Waals surface area contributed by atoms with E-state index in [2.05, 4.69) is 4.98 Å². The first kappa shape index (κ1) is 19.3. The van der Waals surface area contributed by atoms with E-state index in [-0.39, 0.29) is 12.4 Å². The average Bonchev–Trinajstić information content (AvgIpc) is 2.67. The maximum Gasteiger partial charge on any atom is 0.188 e. The molecule has 2 aromatic heterocycles. The number of fused-ring (bicyclic) bond motifs is 2. The van der Waals surface area contributed by atoms with Crippen molar-refractivity contribution in [1.82, 2.24) is 4.98 Å². The number of aromatic nitrogens is 2. The van der Waals surface area contributed by atoms with Crippen LogP contribution in [-0.2, 0) is 0 Å². The lowest BCUT2D eigenvalue weighted by Gasteiger charge is -2.01. The van der Waals surface area contributed by atoms with Gasteiger partial charge < -0.3 is 14.7 Å². The van der Waals surface area contributed by atoms with Gasteiger partial charge in [-0.25, -0.2) is 0 Å². The van der Waals surface area contributed by atoms with Crippen molar-refractivity contribution < 1.29 is 14.2 Å². The topological polar surface area (TPSA) is 58.3 Å². The molecule has 0 atom stereocenters.